The molecule has 0 bridgehead atoms. The van der Waals surface area contributed by atoms with E-state index >= 15 is 0 Å². The van der Waals surface area contributed by atoms with Crippen molar-refractivity contribution in [2.24, 2.45) is 0 Å². The molecule has 0 atom stereocenters. The summed E-state index contributed by atoms with van der Waals surface area (Å²) >= 11 is 0. The first kappa shape index (κ1) is 20.9. The Morgan fingerprint density at radius 2 is 1.91 bits per heavy atom. The molecular formula is C24H23N5O4. The van der Waals surface area contributed by atoms with Crippen molar-refractivity contribution in [2.45, 2.75) is 12.8 Å². The van der Waals surface area contributed by atoms with Crippen molar-refractivity contribution in [1.29, 1.82) is 0 Å². The van der Waals surface area contributed by atoms with Crippen LogP contribution in [0.1, 0.15) is 11.1 Å². The van der Waals surface area contributed by atoms with Crippen molar-refractivity contribution < 1.29 is 19.4 Å². The Labute approximate surface area is 189 Å². The Morgan fingerprint density at radius 3 is 2.73 bits per heavy atom. The van der Waals surface area contributed by atoms with Gasteiger partial charge in [0.05, 0.1) is 44.1 Å². The number of benzene rings is 1. The van der Waals surface area contributed by atoms with E-state index in [1.165, 1.54) is 0 Å². The molecule has 9 heteroatoms. The quantitative estimate of drug-likeness (QED) is 0.471. The maximum Gasteiger partial charge on any atom is 0.307 e. The van der Waals surface area contributed by atoms with Gasteiger partial charge in [-0.15, -0.1) is 0 Å². The second-order valence-corrected chi connectivity index (χ2v) is 7.95. The number of carboxylic acid groups (broad SMARTS) is 1. The SMILES string of the molecule is O=C(O)Cc1ccn(-c2cncc(-c3[nH]c4ccccc4c3CC(=O)N3CCOCC3)n2)c1. The molecule has 1 aliphatic heterocycles. The van der Waals surface area contributed by atoms with E-state index < -0.39 is 5.97 Å². The van der Waals surface area contributed by atoms with Gasteiger partial charge in [0.25, 0.3) is 0 Å². The number of amides is 1. The van der Waals surface area contributed by atoms with Gasteiger partial charge >= 0.3 is 5.97 Å². The number of morpholine rings is 1. The highest BCUT2D eigenvalue weighted by Gasteiger charge is 2.22. The van der Waals surface area contributed by atoms with Gasteiger partial charge in [-0.3, -0.25) is 14.6 Å². The van der Waals surface area contributed by atoms with E-state index in [0.717, 1.165) is 22.2 Å². The minimum atomic E-state index is -0.889. The van der Waals surface area contributed by atoms with E-state index in [9.17, 15) is 9.59 Å². The molecule has 5 rings (SSSR count). The van der Waals surface area contributed by atoms with E-state index in [4.69, 9.17) is 14.8 Å². The molecule has 0 aliphatic carbocycles. The largest absolute Gasteiger partial charge is 0.481 e. The number of H-pyrrole nitrogens is 1. The molecule has 2 N–H and O–H groups in total. The smallest absolute Gasteiger partial charge is 0.307 e. The number of aliphatic carboxylic acids is 1. The molecule has 3 aromatic heterocycles. The Hall–Kier alpha value is -3.98. The second-order valence-electron chi connectivity index (χ2n) is 7.95. The minimum Gasteiger partial charge on any atom is -0.481 e. The van der Waals surface area contributed by atoms with Gasteiger partial charge in [0, 0.05) is 36.4 Å². The number of aromatic nitrogens is 4. The summed E-state index contributed by atoms with van der Waals surface area (Å²) < 4.78 is 7.12. The van der Waals surface area contributed by atoms with E-state index in [0.29, 0.717) is 43.4 Å². The van der Waals surface area contributed by atoms with Crippen LogP contribution < -0.4 is 0 Å². The van der Waals surface area contributed by atoms with E-state index in [1.54, 1.807) is 35.4 Å². The van der Waals surface area contributed by atoms with Crippen molar-refractivity contribution in [3.8, 4) is 17.2 Å². The number of carbonyl (C=O) groups is 2. The molecule has 1 fully saturated rings. The molecule has 1 amide bonds. The summed E-state index contributed by atoms with van der Waals surface area (Å²) in [6.45, 7) is 2.30. The predicted molar refractivity (Wildman–Crippen MR) is 121 cm³/mol. The number of hydrogen-bond donors (Lipinski definition) is 2. The molecule has 0 saturated carbocycles. The van der Waals surface area contributed by atoms with Crippen molar-refractivity contribution >= 4 is 22.8 Å². The van der Waals surface area contributed by atoms with Crippen molar-refractivity contribution in [2.75, 3.05) is 26.3 Å². The lowest BCUT2D eigenvalue weighted by Gasteiger charge is -2.27. The van der Waals surface area contributed by atoms with Crippen LogP contribution in [0.25, 0.3) is 28.1 Å². The Kier molecular flexibility index (Phi) is 5.62. The van der Waals surface area contributed by atoms with Crippen LogP contribution in [0.15, 0.2) is 55.1 Å². The summed E-state index contributed by atoms with van der Waals surface area (Å²) in [7, 11) is 0. The number of carbonyl (C=O) groups excluding carboxylic acids is 1. The number of hydrogen-bond acceptors (Lipinski definition) is 5. The number of carboxylic acids is 1. The molecule has 4 aromatic rings. The molecule has 4 heterocycles. The van der Waals surface area contributed by atoms with E-state index in [2.05, 4.69) is 9.97 Å². The number of nitrogens with zero attached hydrogens (tertiary/aromatic N) is 4. The fourth-order valence-electron chi connectivity index (χ4n) is 4.14. The van der Waals surface area contributed by atoms with Crippen LogP contribution in [0.4, 0.5) is 0 Å². The van der Waals surface area contributed by atoms with Crippen molar-refractivity contribution in [1.82, 2.24) is 24.4 Å². The lowest BCUT2D eigenvalue weighted by Crippen LogP contribution is -2.41. The Balaban J connectivity index is 1.51. The first-order chi connectivity index (χ1) is 16.1. The fraction of sp³-hybridized carbons (Fsp3) is 0.250. The number of ether oxygens (including phenoxy) is 1. The lowest BCUT2D eigenvalue weighted by molar-refractivity contribution is -0.136. The lowest BCUT2D eigenvalue weighted by atomic mass is 10.0. The van der Waals surface area contributed by atoms with Gasteiger partial charge in [0.2, 0.25) is 5.91 Å². The molecule has 1 aromatic carbocycles. The average molecular weight is 445 g/mol. The van der Waals surface area contributed by atoms with Gasteiger partial charge in [-0.2, -0.15) is 0 Å². The van der Waals surface area contributed by atoms with Crippen LogP contribution >= 0.6 is 0 Å². The monoisotopic (exact) mass is 445 g/mol. The summed E-state index contributed by atoms with van der Waals surface area (Å²) in [5.74, 6) is -0.273. The third kappa shape index (κ3) is 4.35. The van der Waals surface area contributed by atoms with Gasteiger partial charge in [-0.05, 0) is 23.3 Å². The third-order valence-electron chi connectivity index (χ3n) is 5.76. The summed E-state index contributed by atoms with van der Waals surface area (Å²) in [5, 5.41) is 10.0. The zero-order valence-electron chi connectivity index (χ0n) is 17.9. The summed E-state index contributed by atoms with van der Waals surface area (Å²) in [6, 6.07) is 9.62. The number of para-hydroxylation sites is 1. The van der Waals surface area contributed by atoms with E-state index in [1.807, 2.05) is 29.2 Å². The topological polar surface area (TPSA) is 113 Å². The zero-order valence-corrected chi connectivity index (χ0v) is 17.9. The fourth-order valence-corrected chi connectivity index (χ4v) is 4.14. The summed E-state index contributed by atoms with van der Waals surface area (Å²) in [5.41, 5.74) is 3.85. The molecule has 0 unspecified atom stereocenters. The maximum atomic E-state index is 13.0. The summed E-state index contributed by atoms with van der Waals surface area (Å²) in [6.07, 6.45) is 6.97. The van der Waals surface area contributed by atoms with Gasteiger partial charge in [0.1, 0.15) is 5.69 Å². The predicted octanol–water partition coefficient (Wildman–Crippen LogP) is 2.44. The first-order valence-corrected chi connectivity index (χ1v) is 10.7. The molecule has 9 nitrogen and oxygen atoms in total. The summed E-state index contributed by atoms with van der Waals surface area (Å²) in [4.78, 5) is 38.4. The van der Waals surface area contributed by atoms with Gasteiger partial charge in [0.15, 0.2) is 5.82 Å². The van der Waals surface area contributed by atoms with Crippen molar-refractivity contribution in [3.05, 3.63) is 66.2 Å². The maximum absolute atomic E-state index is 13.0. The highest BCUT2D eigenvalue weighted by molar-refractivity contribution is 5.94. The standard InChI is InChI=1S/C24H23N5O4/c30-22(28-7-9-33-10-8-28)12-18-17-3-1-2-4-19(17)27-24(18)20-13-25-14-21(26-20)29-6-5-16(15-29)11-23(31)32/h1-6,13-15,27H,7-12H2,(H,31,32). The van der Waals surface area contributed by atoms with E-state index in [-0.39, 0.29) is 18.7 Å². The van der Waals surface area contributed by atoms with Crippen LogP contribution in [-0.4, -0.2) is 67.7 Å². The average Bonchev–Trinajstić information content (AvgIpc) is 3.44. The normalized spacial score (nSPS) is 14.0. The van der Waals surface area contributed by atoms with Crippen molar-refractivity contribution in [3.63, 3.8) is 0 Å². The molecular weight excluding hydrogens is 422 g/mol. The van der Waals surface area contributed by atoms with Gasteiger partial charge in [-0.25, -0.2) is 4.98 Å². The van der Waals surface area contributed by atoms with Gasteiger partial charge < -0.3 is 24.3 Å². The number of nitrogens with one attached hydrogen (secondary N) is 1. The van der Waals surface area contributed by atoms with Crippen LogP contribution in [0.5, 0.6) is 0 Å². The second kappa shape index (κ2) is 8.87. The number of fused-ring (bicyclic) bond motifs is 1. The van der Waals surface area contributed by atoms with Crippen LogP contribution in [0.3, 0.4) is 0 Å². The van der Waals surface area contributed by atoms with Crippen LogP contribution in [0, 0.1) is 0 Å². The van der Waals surface area contributed by atoms with Crippen LogP contribution in [-0.2, 0) is 27.2 Å². The molecule has 1 saturated heterocycles. The molecule has 1 aliphatic rings. The molecule has 0 spiro atoms. The number of rotatable bonds is 6. The number of aromatic amines is 1. The Bertz CT molecular complexity index is 1320. The first-order valence-electron chi connectivity index (χ1n) is 10.7. The van der Waals surface area contributed by atoms with Gasteiger partial charge in [-0.1, -0.05) is 18.2 Å². The molecule has 33 heavy (non-hydrogen) atoms. The highest BCUT2D eigenvalue weighted by Crippen LogP contribution is 2.30. The molecule has 168 valence electrons. The third-order valence-corrected chi connectivity index (χ3v) is 5.76. The minimum absolute atomic E-state index is 0.0529. The molecule has 0 radical (unpaired) electrons. The zero-order chi connectivity index (χ0) is 22.8. The van der Waals surface area contributed by atoms with Crippen LogP contribution in [0.2, 0.25) is 0 Å². The highest BCUT2D eigenvalue weighted by atomic mass is 16.5. The Morgan fingerprint density at radius 1 is 1.09 bits per heavy atom.